The summed E-state index contributed by atoms with van der Waals surface area (Å²) in [5.74, 6) is 1.18. The van der Waals surface area contributed by atoms with Gasteiger partial charge in [0.25, 0.3) is 0 Å². The van der Waals surface area contributed by atoms with Gasteiger partial charge in [0.2, 0.25) is 11.9 Å². The molecule has 3 aromatic rings. The fourth-order valence-corrected chi connectivity index (χ4v) is 3.63. The monoisotopic (exact) mass is 433 g/mol. The SMILES string of the molecule is C.CN1CCCC(=O)NCCCc2cncc(c2)-c2ncnc(n2)Nc2cccc(c2)C1. The normalized spacial score (nSPS) is 15.6. The summed E-state index contributed by atoms with van der Waals surface area (Å²) in [7, 11) is 2.07. The number of benzene rings is 1. The van der Waals surface area contributed by atoms with E-state index in [-0.39, 0.29) is 13.3 Å². The summed E-state index contributed by atoms with van der Waals surface area (Å²) in [6.45, 7) is 2.32. The van der Waals surface area contributed by atoms with Gasteiger partial charge in [0, 0.05) is 43.2 Å². The van der Waals surface area contributed by atoms with Crippen LogP contribution in [0.15, 0.2) is 49.1 Å². The van der Waals surface area contributed by atoms with Gasteiger partial charge in [-0.05, 0) is 62.2 Å². The fourth-order valence-electron chi connectivity index (χ4n) is 3.63. The number of nitrogens with one attached hydrogen (secondary N) is 2. The molecule has 1 aromatic carbocycles. The number of fused-ring (bicyclic) bond motifs is 7. The van der Waals surface area contributed by atoms with Gasteiger partial charge in [0.05, 0.1) is 0 Å². The molecular formula is C24H31N7O. The third-order valence-corrected chi connectivity index (χ3v) is 5.17. The van der Waals surface area contributed by atoms with Crippen molar-refractivity contribution in [3.8, 4) is 11.4 Å². The first kappa shape index (κ1) is 23.3. The third kappa shape index (κ3) is 6.55. The maximum atomic E-state index is 12.1. The molecule has 4 rings (SSSR count). The Morgan fingerprint density at radius 2 is 1.94 bits per heavy atom. The van der Waals surface area contributed by atoms with Crippen LogP contribution >= 0.6 is 0 Å². The smallest absolute Gasteiger partial charge is 0.230 e. The zero-order valence-corrected chi connectivity index (χ0v) is 17.7. The Labute approximate surface area is 189 Å². The standard InChI is InChI=1S/C23H27N7O.CH4/c1-30-10-4-8-21(31)25-9-3-6-17-11-19(14-24-13-17)22-26-16-27-23(29-22)28-20-7-2-5-18(12-20)15-30;/h2,5,7,11-14,16H,3-4,6,8-10,15H2,1H3,(H,25,31)(H,26,27,28,29);1H4. The van der Waals surface area contributed by atoms with Crippen molar-refractivity contribution in [2.45, 2.75) is 39.7 Å². The van der Waals surface area contributed by atoms with Crippen LogP contribution in [0.3, 0.4) is 0 Å². The van der Waals surface area contributed by atoms with E-state index in [1.165, 1.54) is 11.9 Å². The highest BCUT2D eigenvalue weighted by atomic mass is 16.1. The van der Waals surface area contributed by atoms with Gasteiger partial charge in [-0.15, -0.1) is 0 Å². The summed E-state index contributed by atoms with van der Waals surface area (Å²) >= 11 is 0. The molecule has 1 aliphatic heterocycles. The van der Waals surface area contributed by atoms with E-state index >= 15 is 0 Å². The Bertz CT molecular complexity index is 1040. The van der Waals surface area contributed by atoms with Crippen molar-refractivity contribution >= 4 is 17.5 Å². The first-order chi connectivity index (χ1) is 15.2. The maximum Gasteiger partial charge on any atom is 0.230 e. The van der Waals surface area contributed by atoms with Crippen molar-refractivity contribution in [1.82, 2.24) is 30.2 Å². The number of nitrogens with zero attached hydrogens (tertiary/aromatic N) is 5. The molecular weight excluding hydrogens is 402 g/mol. The van der Waals surface area contributed by atoms with Crippen LogP contribution in [0.5, 0.6) is 0 Å². The molecule has 2 aromatic heterocycles. The molecule has 0 spiro atoms. The molecule has 0 saturated carbocycles. The Hall–Kier alpha value is -3.39. The lowest BCUT2D eigenvalue weighted by Gasteiger charge is -2.17. The van der Waals surface area contributed by atoms with Crippen LogP contribution < -0.4 is 10.6 Å². The average molecular weight is 434 g/mol. The first-order valence-electron chi connectivity index (χ1n) is 10.6. The summed E-state index contributed by atoms with van der Waals surface area (Å²) in [5.41, 5.74) is 4.03. The van der Waals surface area contributed by atoms with E-state index in [2.05, 4.69) is 54.6 Å². The fraction of sp³-hybridized carbons (Fsp3) is 0.375. The number of carbonyl (C=O) groups is 1. The average Bonchev–Trinajstić information content (AvgIpc) is 2.77. The van der Waals surface area contributed by atoms with Crippen molar-refractivity contribution in [2.24, 2.45) is 0 Å². The van der Waals surface area contributed by atoms with Crippen LogP contribution in [0, 0.1) is 0 Å². The maximum absolute atomic E-state index is 12.1. The van der Waals surface area contributed by atoms with Crippen LogP contribution in [0.1, 0.15) is 37.8 Å². The lowest BCUT2D eigenvalue weighted by molar-refractivity contribution is -0.121. The van der Waals surface area contributed by atoms with E-state index in [1.807, 2.05) is 24.4 Å². The Morgan fingerprint density at radius 3 is 2.84 bits per heavy atom. The molecule has 0 atom stereocenters. The predicted molar refractivity (Wildman–Crippen MR) is 126 cm³/mol. The van der Waals surface area contributed by atoms with Crippen LogP contribution in [0.4, 0.5) is 11.6 Å². The predicted octanol–water partition coefficient (Wildman–Crippen LogP) is 3.59. The highest BCUT2D eigenvalue weighted by molar-refractivity contribution is 5.75. The Balaban J connectivity index is 0.00000289. The van der Waals surface area contributed by atoms with Gasteiger partial charge in [0.15, 0.2) is 5.82 Å². The van der Waals surface area contributed by atoms with E-state index in [9.17, 15) is 4.79 Å². The molecule has 3 heterocycles. The summed E-state index contributed by atoms with van der Waals surface area (Å²) in [4.78, 5) is 31.9. The summed E-state index contributed by atoms with van der Waals surface area (Å²) in [6.07, 6.45) is 8.17. The minimum absolute atomic E-state index is 0. The van der Waals surface area contributed by atoms with Crippen molar-refractivity contribution in [3.63, 3.8) is 0 Å². The zero-order valence-electron chi connectivity index (χ0n) is 17.7. The lowest BCUT2D eigenvalue weighted by atomic mass is 10.1. The molecule has 0 radical (unpaired) electrons. The molecule has 1 aliphatic rings. The van der Waals surface area contributed by atoms with Crippen LogP contribution in [-0.2, 0) is 17.8 Å². The molecule has 8 heteroatoms. The van der Waals surface area contributed by atoms with Gasteiger partial charge < -0.3 is 15.5 Å². The number of carbonyl (C=O) groups excluding carboxylic acids is 1. The molecule has 8 nitrogen and oxygen atoms in total. The minimum Gasteiger partial charge on any atom is -0.356 e. The topological polar surface area (TPSA) is 95.9 Å². The molecule has 2 N–H and O–H groups in total. The van der Waals surface area contributed by atoms with E-state index < -0.39 is 0 Å². The lowest BCUT2D eigenvalue weighted by Crippen LogP contribution is -2.26. The van der Waals surface area contributed by atoms with Crippen molar-refractivity contribution in [1.29, 1.82) is 0 Å². The van der Waals surface area contributed by atoms with Gasteiger partial charge in [-0.2, -0.15) is 4.98 Å². The molecule has 0 fully saturated rings. The molecule has 168 valence electrons. The number of rotatable bonds is 0. The number of pyridine rings is 1. The number of hydrogen-bond acceptors (Lipinski definition) is 7. The van der Waals surface area contributed by atoms with Crippen molar-refractivity contribution < 1.29 is 4.79 Å². The summed E-state index contributed by atoms with van der Waals surface area (Å²) < 4.78 is 0. The molecule has 0 aliphatic carbocycles. The van der Waals surface area contributed by atoms with Gasteiger partial charge in [0.1, 0.15) is 6.33 Å². The highest BCUT2D eigenvalue weighted by Gasteiger charge is 2.09. The first-order valence-corrected chi connectivity index (χ1v) is 10.6. The quantitative estimate of drug-likeness (QED) is 0.559. The van der Waals surface area contributed by atoms with Gasteiger partial charge in [-0.3, -0.25) is 9.78 Å². The summed E-state index contributed by atoms with van der Waals surface area (Å²) in [5, 5.41) is 6.30. The molecule has 1 amide bonds. The van der Waals surface area contributed by atoms with Gasteiger partial charge in [-0.1, -0.05) is 19.6 Å². The number of anilines is 2. The second-order valence-electron chi connectivity index (χ2n) is 7.83. The van der Waals surface area contributed by atoms with Crippen molar-refractivity contribution in [3.05, 3.63) is 60.2 Å². The molecule has 6 bridgehead atoms. The number of amides is 1. The van der Waals surface area contributed by atoms with E-state index in [1.54, 1.807) is 6.20 Å². The Morgan fingerprint density at radius 1 is 1.03 bits per heavy atom. The van der Waals surface area contributed by atoms with Crippen LogP contribution in [0.25, 0.3) is 11.4 Å². The number of aryl methyl sites for hydroxylation is 1. The zero-order chi connectivity index (χ0) is 21.5. The van der Waals surface area contributed by atoms with Gasteiger partial charge in [-0.25, -0.2) is 9.97 Å². The van der Waals surface area contributed by atoms with Crippen LogP contribution in [0.2, 0.25) is 0 Å². The van der Waals surface area contributed by atoms with E-state index in [0.717, 1.165) is 49.2 Å². The second-order valence-corrected chi connectivity index (χ2v) is 7.83. The van der Waals surface area contributed by atoms with E-state index in [0.29, 0.717) is 24.7 Å². The van der Waals surface area contributed by atoms with E-state index in [4.69, 9.17) is 0 Å². The second kappa shape index (κ2) is 11.3. The molecule has 0 saturated heterocycles. The Kier molecular flexibility index (Phi) is 8.21. The number of aromatic nitrogens is 4. The highest BCUT2D eigenvalue weighted by Crippen LogP contribution is 2.19. The number of hydrogen-bond donors (Lipinski definition) is 2. The minimum atomic E-state index is 0. The molecule has 32 heavy (non-hydrogen) atoms. The largest absolute Gasteiger partial charge is 0.356 e. The summed E-state index contributed by atoms with van der Waals surface area (Å²) in [6, 6.07) is 10.2. The van der Waals surface area contributed by atoms with Crippen molar-refractivity contribution in [2.75, 3.05) is 25.5 Å². The third-order valence-electron chi connectivity index (χ3n) is 5.17. The molecule has 0 unspecified atom stereocenters. The van der Waals surface area contributed by atoms with Crippen LogP contribution in [-0.4, -0.2) is 50.9 Å². The van der Waals surface area contributed by atoms with Gasteiger partial charge >= 0.3 is 0 Å².